The number of aliphatic hydroxyl groups excluding tert-OH is 1. The molecule has 0 radical (unpaired) electrons. The molecular weight excluding hydrogens is 409 g/mol. The number of aliphatic hydroxyl groups is 1. The minimum atomic E-state index is -0.495. The van der Waals surface area contributed by atoms with E-state index in [4.69, 9.17) is 0 Å². The maximum absolute atomic E-state index is 15.0. The summed E-state index contributed by atoms with van der Waals surface area (Å²) in [4.78, 5) is 16.2. The van der Waals surface area contributed by atoms with Crippen LogP contribution >= 0.6 is 0 Å². The molecule has 3 aromatic rings. The van der Waals surface area contributed by atoms with Crippen LogP contribution in [-0.4, -0.2) is 57.8 Å². The summed E-state index contributed by atoms with van der Waals surface area (Å²) < 4.78 is 40.3. The van der Waals surface area contributed by atoms with Crippen molar-refractivity contribution in [2.24, 2.45) is 0 Å². The normalized spacial score (nSPS) is 18.4. The Bertz CT molecular complexity index is 1040. The van der Waals surface area contributed by atoms with E-state index < -0.39 is 23.6 Å². The fraction of sp³-hybridized carbons (Fsp3) is 0.364. The molecule has 2 aliphatic heterocycles. The zero-order valence-electron chi connectivity index (χ0n) is 16.8. The number of hydrogen-bond acceptors (Lipinski definition) is 4. The third-order valence-corrected chi connectivity index (χ3v) is 5.53. The van der Waals surface area contributed by atoms with Gasteiger partial charge >= 0.3 is 0 Å². The number of β-amino-alcohol motifs (C(OH)–C–C–N with tert-alkyl or cyclic N) is 1. The van der Waals surface area contributed by atoms with Gasteiger partial charge in [-0.25, -0.2) is 17.7 Å². The van der Waals surface area contributed by atoms with Gasteiger partial charge in [0.25, 0.3) is 5.91 Å². The van der Waals surface area contributed by atoms with Gasteiger partial charge in [-0.2, -0.15) is 5.10 Å². The number of anilines is 1. The number of fused-ring (bicyclic) bond motifs is 1. The molecule has 6 nitrogen and oxygen atoms in total. The Hall–Kier alpha value is -3.07. The Kier molecular flexibility index (Phi) is 6.13. The lowest BCUT2D eigenvalue weighted by Crippen LogP contribution is -2.29. The SMILES string of the molecule is Fc1ccc(F)cc1.O=C(c1cnn2ccc(N3CCCC3)c(F)c12)N1CCC(O)C1. The maximum Gasteiger partial charge on any atom is 0.257 e. The second-order valence-electron chi connectivity index (χ2n) is 7.69. The molecule has 0 aliphatic carbocycles. The van der Waals surface area contributed by atoms with Crippen molar-refractivity contribution < 1.29 is 23.1 Å². The maximum atomic E-state index is 15.0. The van der Waals surface area contributed by atoms with E-state index in [0.29, 0.717) is 25.2 Å². The number of carbonyl (C=O) groups is 1. The Balaban J connectivity index is 0.000000245. The Morgan fingerprint density at radius 2 is 1.65 bits per heavy atom. The number of aromatic nitrogens is 2. The van der Waals surface area contributed by atoms with E-state index in [0.717, 1.165) is 50.2 Å². The van der Waals surface area contributed by atoms with E-state index in [9.17, 15) is 18.7 Å². The first-order valence-electron chi connectivity index (χ1n) is 10.2. The predicted molar refractivity (Wildman–Crippen MR) is 109 cm³/mol. The predicted octanol–water partition coefficient (Wildman–Crippen LogP) is 3.25. The van der Waals surface area contributed by atoms with Crippen LogP contribution in [0.1, 0.15) is 29.6 Å². The summed E-state index contributed by atoms with van der Waals surface area (Å²) in [5.74, 6) is -1.48. The van der Waals surface area contributed by atoms with E-state index in [1.165, 1.54) is 10.7 Å². The fourth-order valence-electron chi connectivity index (χ4n) is 3.91. The molecule has 0 spiro atoms. The van der Waals surface area contributed by atoms with Gasteiger partial charge in [-0.1, -0.05) is 0 Å². The number of hydrogen-bond donors (Lipinski definition) is 1. The molecule has 4 heterocycles. The number of rotatable bonds is 2. The minimum absolute atomic E-state index is 0.223. The van der Waals surface area contributed by atoms with E-state index in [1.54, 1.807) is 17.2 Å². The summed E-state index contributed by atoms with van der Waals surface area (Å²) in [5, 5.41) is 13.7. The molecule has 2 aliphatic rings. The van der Waals surface area contributed by atoms with Gasteiger partial charge in [0.2, 0.25) is 0 Å². The highest BCUT2D eigenvalue weighted by Crippen LogP contribution is 2.28. The van der Waals surface area contributed by atoms with Crippen molar-refractivity contribution in [2.45, 2.75) is 25.4 Å². The van der Waals surface area contributed by atoms with Crippen molar-refractivity contribution in [2.75, 3.05) is 31.1 Å². The zero-order chi connectivity index (χ0) is 22.0. The largest absolute Gasteiger partial charge is 0.391 e. The van der Waals surface area contributed by atoms with Gasteiger partial charge < -0.3 is 14.9 Å². The molecule has 5 rings (SSSR count). The number of amides is 1. The van der Waals surface area contributed by atoms with Crippen LogP contribution in [0.3, 0.4) is 0 Å². The van der Waals surface area contributed by atoms with E-state index in [-0.39, 0.29) is 17.0 Å². The molecule has 2 fully saturated rings. The summed E-state index contributed by atoms with van der Waals surface area (Å²) in [7, 11) is 0. The smallest absolute Gasteiger partial charge is 0.257 e. The monoisotopic (exact) mass is 432 g/mol. The Morgan fingerprint density at radius 3 is 2.23 bits per heavy atom. The molecule has 9 heteroatoms. The van der Waals surface area contributed by atoms with Crippen LogP contribution in [0.5, 0.6) is 0 Å². The van der Waals surface area contributed by atoms with Crippen LogP contribution in [0.4, 0.5) is 18.9 Å². The topological polar surface area (TPSA) is 61.1 Å². The van der Waals surface area contributed by atoms with Crippen molar-refractivity contribution in [3.05, 3.63) is 65.7 Å². The molecule has 31 heavy (non-hydrogen) atoms. The first kappa shape index (κ1) is 21.2. The van der Waals surface area contributed by atoms with Crippen molar-refractivity contribution in [1.29, 1.82) is 0 Å². The van der Waals surface area contributed by atoms with E-state index in [2.05, 4.69) is 5.10 Å². The van der Waals surface area contributed by atoms with Crippen molar-refractivity contribution >= 4 is 17.1 Å². The van der Waals surface area contributed by atoms with E-state index >= 15 is 4.39 Å². The summed E-state index contributed by atoms with van der Waals surface area (Å²) >= 11 is 0. The third-order valence-electron chi connectivity index (χ3n) is 5.53. The number of pyridine rings is 1. The van der Waals surface area contributed by atoms with Crippen LogP contribution in [0, 0.1) is 17.5 Å². The van der Waals surface area contributed by atoms with Crippen molar-refractivity contribution in [1.82, 2.24) is 14.5 Å². The summed E-state index contributed by atoms with van der Waals surface area (Å²) in [6.45, 7) is 2.46. The van der Waals surface area contributed by atoms with Crippen LogP contribution in [0.25, 0.3) is 5.52 Å². The highest BCUT2D eigenvalue weighted by atomic mass is 19.1. The molecule has 1 aromatic carbocycles. The van der Waals surface area contributed by atoms with Gasteiger partial charge in [0.05, 0.1) is 23.6 Å². The zero-order valence-corrected chi connectivity index (χ0v) is 16.8. The second kappa shape index (κ2) is 8.97. The lowest BCUT2D eigenvalue weighted by atomic mass is 10.2. The molecule has 1 amide bonds. The second-order valence-corrected chi connectivity index (χ2v) is 7.69. The van der Waals surface area contributed by atoms with Gasteiger partial charge in [0.1, 0.15) is 17.2 Å². The quantitative estimate of drug-likeness (QED) is 0.676. The third kappa shape index (κ3) is 4.51. The first-order chi connectivity index (χ1) is 14.9. The molecule has 2 saturated heterocycles. The number of nitrogens with zero attached hydrogens (tertiary/aromatic N) is 4. The summed E-state index contributed by atoms with van der Waals surface area (Å²) in [6, 6.07) is 6.03. The number of likely N-dealkylation sites (tertiary alicyclic amines) is 1. The van der Waals surface area contributed by atoms with Crippen molar-refractivity contribution in [3.8, 4) is 0 Å². The fourth-order valence-corrected chi connectivity index (χ4v) is 3.91. The Morgan fingerprint density at radius 1 is 1.00 bits per heavy atom. The summed E-state index contributed by atoms with van der Waals surface area (Å²) in [5.41, 5.74) is 1.02. The van der Waals surface area contributed by atoms with Gasteiger partial charge in [-0.15, -0.1) is 0 Å². The van der Waals surface area contributed by atoms with Gasteiger partial charge in [-0.05, 0) is 49.6 Å². The number of halogens is 3. The van der Waals surface area contributed by atoms with Crippen LogP contribution in [-0.2, 0) is 0 Å². The standard InChI is InChI=1S/C16H19FN4O2.C6H4F2/c17-14-13(19-5-1-2-6-19)4-8-21-15(14)12(9-18-21)16(23)20-7-3-11(22)10-20;7-5-1-2-6(8)4-3-5/h4,8-9,11,22H,1-3,5-7,10H2;1-4H. The molecule has 1 unspecified atom stereocenters. The molecule has 0 bridgehead atoms. The van der Waals surface area contributed by atoms with Gasteiger partial charge in [0.15, 0.2) is 5.82 Å². The van der Waals surface area contributed by atoms with Gasteiger partial charge in [-0.3, -0.25) is 4.79 Å². The van der Waals surface area contributed by atoms with E-state index in [1.807, 2.05) is 4.90 Å². The number of benzene rings is 1. The van der Waals surface area contributed by atoms with Crippen LogP contribution in [0.15, 0.2) is 42.7 Å². The molecule has 1 N–H and O–H groups in total. The average Bonchev–Trinajstić information content (AvgIpc) is 3.51. The van der Waals surface area contributed by atoms with Gasteiger partial charge in [0, 0.05) is 32.4 Å². The summed E-state index contributed by atoms with van der Waals surface area (Å²) in [6.07, 6.45) is 5.29. The first-order valence-corrected chi connectivity index (χ1v) is 10.2. The number of carbonyl (C=O) groups excluding carboxylic acids is 1. The molecule has 2 aromatic heterocycles. The lowest BCUT2D eigenvalue weighted by Gasteiger charge is -2.19. The average molecular weight is 432 g/mol. The lowest BCUT2D eigenvalue weighted by molar-refractivity contribution is 0.0766. The highest BCUT2D eigenvalue weighted by Gasteiger charge is 2.29. The van der Waals surface area contributed by atoms with Crippen molar-refractivity contribution in [3.63, 3.8) is 0 Å². The Labute approximate surface area is 177 Å². The molecule has 0 saturated carbocycles. The molecular formula is C22H23F3N4O2. The van der Waals surface area contributed by atoms with Crippen LogP contribution in [0.2, 0.25) is 0 Å². The molecule has 1 atom stereocenters. The highest BCUT2D eigenvalue weighted by molar-refractivity contribution is 6.01. The molecule has 164 valence electrons. The van der Waals surface area contributed by atoms with Crippen LogP contribution < -0.4 is 4.90 Å². The minimum Gasteiger partial charge on any atom is -0.391 e.